The summed E-state index contributed by atoms with van der Waals surface area (Å²) >= 11 is 0. The SMILES string of the molecule is COC[C@]12CCO[C@H]1CNC2. The van der Waals surface area contributed by atoms with E-state index in [1.54, 1.807) is 7.11 Å². The standard InChI is InChI=1S/C8H15NO2/c1-10-6-8-2-3-11-7(8)4-9-5-8/h7,9H,2-6H2,1H3/t7-,8+/m0/s1. The summed E-state index contributed by atoms with van der Waals surface area (Å²) in [6, 6.07) is 0. The molecule has 0 aliphatic carbocycles. The van der Waals surface area contributed by atoms with Crippen molar-refractivity contribution in [3.05, 3.63) is 0 Å². The van der Waals surface area contributed by atoms with E-state index in [2.05, 4.69) is 5.32 Å². The third-order valence-corrected chi connectivity index (χ3v) is 2.84. The molecule has 3 nitrogen and oxygen atoms in total. The third-order valence-electron chi connectivity index (χ3n) is 2.84. The van der Waals surface area contributed by atoms with Crippen LogP contribution in [-0.2, 0) is 9.47 Å². The number of methoxy groups -OCH3 is 1. The Hall–Kier alpha value is -0.120. The first-order valence-corrected chi connectivity index (χ1v) is 4.19. The maximum atomic E-state index is 5.59. The molecule has 1 N–H and O–H groups in total. The lowest BCUT2D eigenvalue weighted by Gasteiger charge is -2.24. The van der Waals surface area contributed by atoms with Gasteiger partial charge in [0, 0.05) is 32.2 Å². The van der Waals surface area contributed by atoms with Crippen LogP contribution in [0.5, 0.6) is 0 Å². The highest BCUT2D eigenvalue weighted by Gasteiger charge is 2.47. The highest BCUT2D eigenvalue weighted by Crippen LogP contribution is 2.37. The quantitative estimate of drug-likeness (QED) is 0.612. The fraction of sp³-hybridized carbons (Fsp3) is 1.00. The Morgan fingerprint density at radius 1 is 1.73 bits per heavy atom. The molecule has 0 aromatic rings. The van der Waals surface area contributed by atoms with E-state index in [-0.39, 0.29) is 0 Å². The third kappa shape index (κ3) is 1.08. The minimum absolute atomic E-state index is 0.300. The summed E-state index contributed by atoms with van der Waals surface area (Å²) in [5.41, 5.74) is 0.300. The van der Waals surface area contributed by atoms with Crippen molar-refractivity contribution in [2.45, 2.75) is 12.5 Å². The van der Waals surface area contributed by atoms with Crippen molar-refractivity contribution < 1.29 is 9.47 Å². The molecule has 3 heteroatoms. The lowest BCUT2D eigenvalue weighted by molar-refractivity contribution is 0.0331. The van der Waals surface area contributed by atoms with E-state index in [1.807, 2.05) is 0 Å². The fourth-order valence-corrected chi connectivity index (χ4v) is 2.18. The zero-order chi connectivity index (χ0) is 7.73. The number of nitrogens with one attached hydrogen (secondary N) is 1. The van der Waals surface area contributed by atoms with Crippen LogP contribution in [0, 0.1) is 5.41 Å². The largest absolute Gasteiger partial charge is 0.384 e. The van der Waals surface area contributed by atoms with Crippen LogP contribution in [0.2, 0.25) is 0 Å². The van der Waals surface area contributed by atoms with Gasteiger partial charge in [0.2, 0.25) is 0 Å². The van der Waals surface area contributed by atoms with Crippen LogP contribution in [0.25, 0.3) is 0 Å². The van der Waals surface area contributed by atoms with Crippen LogP contribution in [0.1, 0.15) is 6.42 Å². The normalized spacial score (nSPS) is 42.8. The molecule has 0 bridgehead atoms. The molecule has 0 aromatic heterocycles. The average Bonchev–Trinajstić information content (AvgIpc) is 2.45. The van der Waals surface area contributed by atoms with Gasteiger partial charge in [-0.1, -0.05) is 0 Å². The van der Waals surface area contributed by atoms with Crippen LogP contribution in [0.15, 0.2) is 0 Å². The molecule has 64 valence electrons. The molecule has 2 aliphatic heterocycles. The van der Waals surface area contributed by atoms with Gasteiger partial charge in [0.1, 0.15) is 0 Å². The van der Waals surface area contributed by atoms with Gasteiger partial charge in [-0.2, -0.15) is 0 Å². The molecule has 0 spiro atoms. The van der Waals surface area contributed by atoms with Gasteiger partial charge in [-0.15, -0.1) is 0 Å². The van der Waals surface area contributed by atoms with Crippen LogP contribution in [0.3, 0.4) is 0 Å². The van der Waals surface area contributed by atoms with Crippen molar-refractivity contribution in [1.29, 1.82) is 0 Å². The van der Waals surface area contributed by atoms with E-state index in [9.17, 15) is 0 Å². The summed E-state index contributed by atoms with van der Waals surface area (Å²) in [6.45, 7) is 3.81. The first-order chi connectivity index (χ1) is 5.37. The highest BCUT2D eigenvalue weighted by atomic mass is 16.5. The smallest absolute Gasteiger partial charge is 0.0790 e. The molecule has 2 atom stereocenters. The molecule has 0 aromatic carbocycles. The number of ether oxygens (including phenoxy) is 2. The number of rotatable bonds is 2. The Morgan fingerprint density at radius 2 is 2.64 bits per heavy atom. The van der Waals surface area contributed by atoms with Gasteiger partial charge in [-0.25, -0.2) is 0 Å². The Labute approximate surface area is 67.1 Å². The van der Waals surface area contributed by atoms with Gasteiger partial charge in [-0.3, -0.25) is 0 Å². The van der Waals surface area contributed by atoms with Crippen LogP contribution in [0.4, 0.5) is 0 Å². The summed E-state index contributed by atoms with van der Waals surface area (Å²) in [5, 5.41) is 3.34. The van der Waals surface area contributed by atoms with Gasteiger partial charge in [-0.05, 0) is 6.42 Å². The fourth-order valence-electron chi connectivity index (χ4n) is 2.18. The van der Waals surface area contributed by atoms with E-state index in [1.165, 1.54) is 0 Å². The molecule has 11 heavy (non-hydrogen) atoms. The van der Waals surface area contributed by atoms with E-state index >= 15 is 0 Å². The van der Waals surface area contributed by atoms with Gasteiger partial charge in [0.25, 0.3) is 0 Å². The second kappa shape index (κ2) is 2.73. The van der Waals surface area contributed by atoms with Gasteiger partial charge >= 0.3 is 0 Å². The molecular formula is C8H15NO2. The van der Waals surface area contributed by atoms with Crippen molar-refractivity contribution in [3.63, 3.8) is 0 Å². The van der Waals surface area contributed by atoms with Crippen molar-refractivity contribution >= 4 is 0 Å². The zero-order valence-electron chi connectivity index (χ0n) is 6.93. The first-order valence-electron chi connectivity index (χ1n) is 4.19. The second-order valence-electron chi connectivity index (χ2n) is 3.54. The van der Waals surface area contributed by atoms with Gasteiger partial charge < -0.3 is 14.8 Å². The minimum atomic E-state index is 0.300. The molecule has 2 aliphatic rings. The predicted octanol–water partition coefficient (Wildman–Crippen LogP) is 0.0113. The first kappa shape index (κ1) is 7.53. The van der Waals surface area contributed by atoms with Crippen LogP contribution < -0.4 is 5.32 Å². The summed E-state index contributed by atoms with van der Waals surface area (Å²) in [4.78, 5) is 0. The molecule has 2 fully saturated rings. The molecule has 0 amide bonds. The molecule has 0 unspecified atom stereocenters. The van der Waals surface area contributed by atoms with E-state index in [0.717, 1.165) is 32.7 Å². The molecule has 2 heterocycles. The number of hydrogen-bond acceptors (Lipinski definition) is 3. The Bertz CT molecular complexity index is 139. The van der Waals surface area contributed by atoms with Gasteiger partial charge in [0.05, 0.1) is 12.7 Å². The van der Waals surface area contributed by atoms with Crippen molar-refractivity contribution in [2.24, 2.45) is 5.41 Å². The lowest BCUT2D eigenvalue weighted by atomic mass is 9.85. The number of fused-ring (bicyclic) bond motifs is 1. The summed E-state index contributed by atoms with van der Waals surface area (Å²) in [5.74, 6) is 0. The monoisotopic (exact) mass is 157 g/mol. The molecule has 2 saturated heterocycles. The van der Waals surface area contributed by atoms with Crippen LogP contribution >= 0.6 is 0 Å². The van der Waals surface area contributed by atoms with Crippen molar-refractivity contribution in [2.75, 3.05) is 33.4 Å². The van der Waals surface area contributed by atoms with E-state index in [0.29, 0.717) is 11.5 Å². The summed E-state index contributed by atoms with van der Waals surface area (Å²) in [6.07, 6.45) is 1.56. The number of hydrogen-bond donors (Lipinski definition) is 1. The maximum Gasteiger partial charge on any atom is 0.0790 e. The Morgan fingerprint density at radius 3 is 3.45 bits per heavy atom. The van der Waals surface area contributed by atoms with E-state index in [4.69, 9.17) is 9.47 Å². The Kier molecular flexibility index (Phi) is 1.87. The summed E-state index contributed by atoms with van der Waals surface area (Å²) in [7, 11) is 1.77. The summed E-state index contributed by atoms with van der Waals surface area (Å²) < 4.78 is 10.8. The van der Waals surface area contributed by atoms with Crippen LogP contribution in [-0.4, -0.2) is 39.5 Å². The lowest BCUT2D eigenvalue weighted by Crippen LogP contribution is -2.34. The topological polar surface area (TPSA) is 30.5 Å². The maximum absolute atomic E-state index is 5.59. The van der Waals surface area contributed by atoms with Crippen molar-refractivity contribution in [1.82, 2.24) is 5.32 Å². The average molecular weight is 157 g/mol. The second-order valence-corrected chi connectivity index (χ2v) is 3.54. The highest BCUT2D eigenvalue weighted by molar-refractivity contribution is 4.99. The molecule has 0 radical (unpaired) electrons. The minimum Gasteiger partial charge on any atom is -0.384 e. The van der Waals surface area contributed by atoms with Gasteiger partial charge in [0.15, 0.2) is 0 Å². The predicted molar refractivity (Wildman–Crippen MR) is 41.5 cm³/mol. The molecule has 2 rings (SSSR count). The van der Waals surface area contributed by atoms with Crippen molar-refractivity contribution in [3.8, 4) is 0 Å². The van der Waals surface area contributed by atoms with E-state index < -0.39 is 0 Å². The zero-order valence-corrected chi connectivity index (χ0v) is 6.93. The molecular weight excluding hydrogens is 142 g/mol. The Balaban J connectivity index is 2.07. The molecule has 0 saturated carbocycles.